The lowest BCUT2D eigenvalue weighted by molar-refractivity contribution is -0.120. The highest BCUT2D eigenvalue weighted by atomic mass is 35.5. The second-order valence-corrected chi connectivity index (χ2v) is 4.34. The molecule has 0 aliphatic heterocycles. The van der Waals surface area contributed by atoms with E-state index in [4.69, 9.17) is 16.3 Å². The van der Waals surface area contributed by atoms with Crippen LogP contribution in [0.5, 0.6) is 5.75 Å². The van der Waals surface area contributed by atoms with Crippen molar-refractivity contribution in [1.82, 2.24) is 5.32 Å². The fraction of sp³-hybridized carbons (Fsp3) is 0.462. The van der Waals surface area contributed by atoms with Crippen LogP contribution in [0.2, 0.25) is 5.02 Å². The van der Waals surface area contributed by atoms with Crippen LogP contribution >= 0.6 is 11.6 Å². The summed E-state index contributed by atoms with van der Waals surface area (Å²) in [5.74, 6) is 0.719. The standard InChI is InChI=1S/C13H19ClN2O2/c1-4-15-13(17)5-6-16-11-7-9(2)10(14)8-12(11)18-3/h7-8,16H,4-6H2,1-3H3,(H,15,17). The number of benzene rings is 1. The van der Waals surface area contributed by atoms with Crippen LogP contribution in [0.3, 0.4) is 0 Å². The van der Waals surface area contributed by atoms with Gasteiger partial charge in [-0.15, -0.1) is 0 Å². The van der Waals surface area contributed by atoms with E-state index in [0.29, 0.717) is 30.3 Å². The molecule has 0 aliphatic rings. The van der Waals surface area contributed by atoms with Crippen LogP contribution in [0.15, 0.2) is 12.1 Å². The molecule has 100 valence electrons. The van der Waals surface area contributed by atoms with Gasteiger partial charge in [0.05, 0.1) is 12.8 Å². The van der Waals surface area contributed by atoms with E-state index in [1.807, 2.05) is 19.9 Å². The number of carbonyl (C=O) groups excluding carboxylic acids is 1. The molecule has 0 atom stereocenters. The normalized spacial score (nSPS) is 10.0. The molecule has 0 saturated carbocycles. The SMILES string of the molecule is CCNC(=O)CCNc1cc(C)c(Cl)cc1OC. The van der Waals surface area contributed by atoms with Crippen LogP contribution < -0.4 is 15.4 Å². The smallest absolute Gasteiger partial charge is 0.221 e. The van der Waals surface area contributed by atoms with Gasteiger partial charge in [0.25, 0.3) is 0 Å². The van der Waals surface area contributed by atoms with Crippen molar-refractivity contribution >= 4 is 23.2 Å². The highest BCUT2D eigenvalue weighted by molar-refractivity contribution is 6.31. The Kier molecular flexibility index (Phi) is 5.78. The molecule has 18 heavy (non-hydrogen) atoms. The Labute approximate surface area is 113 Å². The monoisotopic (exact) mass is 270 g/mol. The summed E-state index contributed by atoms with van der Waals surface area (Å²) < 4.78 is 5.24. The minimum atomic E-state index is 0.0367. The second kappa shape index (κ2) is 7.11. The number of rotatable bonds is 6. The average Bonchev–Trinajstić information content (AvgIpc) is 2.33. The summed E-state index contributed by atoms with van der Waals surface area (Å²) in [6, 6.07) is 3.68. The van der Waals surface area contributed by atoms with Crippen LogP contribution in [0.1, 0.15) is 18.9 Å². The number of anilines is 1. The third kappa shape index (κ3) is 4.11. The molecule has 4 nitrogen and oxygen atoms in total. The van der Waals surface area contributed by atoms with E-state index in [2.05, 4.69) is 10.6 Å². The van der Waals surface area contributed by atoms with E-state index in [1.165, 1.54) is 0 Å². The van der Waals surface area contributed by atoms with Gasteiger partial charge in [0.15, 0.2) is 0 Å². The van der Waals surface area contributed by atoms with Crippen molar-refractivity contribution < 1.29 is 9.53 Å². The first kappa shape index (κ1) is 14.6. The van der Waals surface area contributed by atoms with Crippen LogP contribution in [-0.2, 0) is 4.79 Å². The first-order chi connectivity index (χ1) is 8.58. The van der Waals surface area contributed by atoms with Crippen molar-refractivity contribution in [1.29, 1.82) is 0 Å². The Balaban J connectivity index is 2.61. The lowest BCUT2D eigenvalue weighted by Gasteiger charge is -2.13. The van der Waals surface area contributed by atoms with Crippen molar-refractivity contribution in [3.63, 3.8) is 0 Å². The number of amides is 1. The van der Waals surface area contributed by atoms with E-state index in [1.54, 1.807) is 13.2 Å². The zero-order valence-corrected chi connectivity index (χ0v) is 11.7. The molecule has 0 saturated heterocycles. The fourth-order valence-electron chi connectivity index (χ4n) is 1.57. The molecule has 0 aliphatic carbocycles. The van der Waals surface area contributed by atoms with Gasteiger partial charge in [0, 0.05) is 30.6 Å². The number of carbonyl (C=O) groups is 1. The number of nitrogens with one attached hydrogen (secondary N) is 2. The highest BCUT2D eigenvalue weighted by Gasteiger charge is 2.07. The molecule has 0 aromatic heterocycles. The van der Waals surface area contributed by atoms with E-state index in [9.17, 15) is 4.79 Å². The molecule has 1 aromatic carbocycles. The molecule has 0 heterocycles. The second-order valence-electron chi connectivity index (χ2n) is 3.93. The minimum Gasteiger partial charge on any atom is -0.495 e. The molecule has 5 heteroatoms. The van der Waals surface area contributed by atoms with Crippen LogP contribution in [0.25, 0.3) is 0 Å². The third-order valence-electron chi connectivity index (χ3n) is 2.52. The van der Waals surface area contributed by atoms with Gasteiger partial charge < -0.3 is 15.4 Å². The Morgan fingerprint density at radius 2 is 2.17 bits per heavy atom. The number of hydrogen-bond acceptors (Lipinski definition) is 3. The van der Waals surface area contributed by atoms with Crippen molar-refractivity contribution in [3.8, 4) is 5.75 Å². The third-order valence-corrected chi connectivity index (χ3v) is 2.93. The molecule has 0 spiro atoms. The first-order valence-electron chi connectivity index (χ1n) is 5.93. The number of halogens is 1. The first-order valence-corrected chi connectivity index (χ1v) is 6.31. The van der Waals surface area contributed by atoms with Crippen molar-refractivity contribution in [3.05, 3.63) is 22.7 Å². The van der Waals surface area contributed by atoms with Crippen molar-refractivity contribution in [2.45, 2.75) is 20.3 Å². The zero-order valence-electron chi connectivity index (χ0n) is 11.0. The maximum absolute atomic E-state index is 11.3. The quantitative estimate of drug-likeness (QED) is 0.835. The van der Waals surface area contributed by atoms with Gasteiger partial charge >= 0.3 is 0 Å². The number of aryl methyl sites for hydroxylation is 1. The molecule has 1 amide bonds. The lowest BCUT2D eigenvalue weighted by atomic mass is 10.2. The Morgan fingerprint density at radius 1 is 1.44 bits per heavy atom. The van der Waals surface area contributed by atoms with Crippen molar-refractivity contribution in [2.24, 2.45) is 0 Å². The van der Waals surface area contributed by atoms with Crippen LogP contribution in [-0.4, -0.2) is 26.1 Å². The Morgan fingerprint density at radius 3 is 2.78 bits per heavy atom. The predicted octanol–water partition coefficient (Wildman–Crippen LogP) is 2.60. The van der Waals surface area contributed by atoms with Crippen LogP contribution in [0.4, 0.5) is 5.69 Å². The molecular formula is C13H19ClN2O2. The highest BCUT2D eigenvalue weighted by Crippen LogP contribution is 2.30. The molecule has 1 aromatic rings. The molecule has 2 N–H and O–H groups in total. The maximum atomic E-state index is 11.3. The summed E-state index contributed by atoms with van der Waals surface area (Å²) >= 11 is 6.02. The van der Waals surface area contributed by atoms with Crippen molar-refractivity contribution in [2.75, 3.05) is 25.5 Å². The molecule has 1 rings (SSSR count). The number of methoxy groups -OCH3 is 1. The van der Waals surface area contributed by atoms with Gasteiger partial charge in [-0.1, -0.05) is 11.6 Å². The maximum Gasteiger partial charge on any atom is 0.221 e. The number of ether oxygens (including phenoxy) is 1. The summed E-state index contributed by atoms with van der Waals surface area (Å²) in [6.07, 6.45) is 0.429. The van der Waals surface area contributed by atoms with Gasteiger partial charge in [0.1, 0.15) is 5.75 Å². The predicted molar refractivity (Wildman–Crippen MR) is 74.5 cm³/mol. The Bertz CT molecular complexity index is 422. The summed E-state index contributed by atoms with van der Waals surface area (Å²) in [7, 11) is 1.59. The molecular weight excluding hydrogens is 252 g/mol. The molecule has 0 radical (unpaired) electrons. The fourth-order valence-corrected chi connectivity index (χ4v) is 1.72. The lowest BCUT2D eigenvalue weighted by Crippen LogP contribution is -2.24. The number of hydrogen-bond donors (Lipinski definition) is 2. The molecule has 0 unspecified atom stereocenters. The largest absolute Gasteiger partial charge is 0.495 e. The van der Waals surface area contributed by atoms with E-state index in [-0.39, 0.29) is 5.91 Å². The minimum absolute atomic E-state index is 0.0367. The van der Waals surface area contributed by atoms with Gasteiger partial charge in [0.2, 0.25) is 5.91 Å². The van der Waals surface area contributed by atoms with Gasteiger partial charge in [-0.05, 0) is 25.5 Å². The summed E-state index contributed by atoms with van der Waals surface area (Å²) in [5, 5.41) is 6.59. The van der Waals surface area contributed by atoms with Gasteiger partial charge in [-0.2, -0.15) is 0 Å². The summed E-state index contributed by atoms with van der Waals surface area (Å²) in [4.78, 5) is 11.3. The van der Waals surface area contributed by atoms with Crippen LogP contribution in [0, 0.1) is 6.92 Å². The van der Waals surface area contributed by atoms with Gasteiger partial charge in [-0.25, -0.2) is 0 Å². The van der Waals surface area contributed by atoms with Gasteiger partial charge in [-0.3, -0.25) is 4.79 Å². The average molecular weight is 271 g/mol. The van der Waals surface area contributed by atoms with E-state index in [0.717, 1.165) is 11.3 Å². The zero-order chi connectivity index (χ0) is 13.5. The molecule has 0 bridgehead atoms. The van der Waals surface area contributed by atoms with E-state index >= 15 is 0 Å². The topological polar surface area (TPSA) is 50.4 Å². The molecule has 0 fully saturated rings. The summed E-state index contributed by atoms with van der Waals surface area (Å²) in [6.45, 7) is 5.04. The van der Waals surface area contributed by atoms with E-state index < -0.39 is 0 Å². The summed E-state index contributed by atoms with van der Waals surface area (Å²) in [5.41, 5.74) is 1.82. The Hall–Kier alpha value is -1.42.